The van der Waals surface area contributed by atoms with Crippen LogP contribution >= 0.6 is 0 Å². The van der Waals surface area contributed by atoms with E-state index >= 15 is 0 Å². The first-order chi connectivity index (χ1) is 7.57. The van der Waals surface area contributed by atoms with Crippen LogP contribution in [0.4, 0.5) is 0 Å². The molecule has 0 saturated carbocycles. The first-order valence-corrected chi connectivity index (χ1v) is 3.40. The molecule has 0 aromatic carbocycles. The molecule has 6 heteroatoms. The Morgan fingerprint density at radius 1 is 1.54 bits per heavy atom. The quantitative estimate of drug-likeness (QED) is 0.567. The molecule has 2 aromatic heterocycles. The second-order valence-electron chi connectivity index (χ2n) is 2.49. The van der Waals surface area contributed by atoms with Crippen LogP contribution in [0.15, 0.2) is 15.9 Å². The van der Waals surface area contributed by atoms with E-state index < -0.39 is 25.3 Å². The normalized spacial score (nSPS) is 14.4. The highest BCUT2D eigenvalue weighted by molar-refractivity contribution is 5.68. The highest BCUT2D eigenvalue weighted by Gasteiger charge is 2.08. The van der Waals surface area contributed by atoms with Crippen molar-refractivity contribution in [1.82, 2.24) is 19.1 Å². The van der Waals surface area contributed by atoms with Crippen molar-refractivity contribution in [3.05, 3.63) is 27.2 Å². The Labute approximate surface area is 76.7 Å². The SMILES string of the molecule is [2H]Cn1c(=O)c2[nH]cnc2n(C([2H])[2H])c1=O. The van der Waals surface area contributed by atoms with Crippen LogP contribution in [-0.4, -0.2) is 19.1 Å². The lowest BCUT2D eigenvalue weighted by atomic mass is 10.5. The summed E-state index contributed by atoms with van der Waals surface area (Å²) in [4.78, 5) is 29.6. The van der Waals surface area contributed by atoms with Crippen molar-refractivity contribution >= 4 is 11.2 Å². The van der Waals surface area contributed by atoms with E-state index in [0.717, 1.165) is 4.57 Å². The van der Waals surface area contributed by atoms with Crippen molar-refractivity contribution in [2.24, 2.45) is 14.0 Å². The number of rotatable bonds is 0. The van der Waals surface area contributed by atoms with Gasteiger partial charge in [-0.15, -0.1) is 0 Å². The highest BCUT2D eigenvalue weighted by Crippen LogP contribution is 1.97. The van der Waals surface area contributed by atoms with Gasteiger partial charge in [0.25, 0.3) is 5.56 Å². The molecule has 0 fully saturated rings. The summed E-state index contributed by atoms with van der Waals surface area (Å²) in [7, 11) is -0.556. The summed E-state index contributed by atoms with van der Waals surface area (Å²) in [6, 6.07) is 0. The van der Waals surface area contributed by atoms with Gasteiger partial charge in [-0.1, -0.05) is 0 Å². The van der Waals surface area contributed by atoms with Gasteiger partial charge in [0.05, 0.1) is 6.33 Å². The number of H-pyrrole nitrogens is 1. The third-order valence-electron chi connectivity index (χ3n) is 1.74. The fraction of sp³-hybridized carbons (Fsp3) is 0.286. The number of aromatic nitrogens is 4. The van der Waals surface area contributed by atoms with Gasteiger partial charge in [-0.05, 0) is 0 Å². The summed E-state index contributed by atoms with van der Waals surface area (Å²) in [5.41, 5.74) is -1.54. The molecule has 1 N–H and O–H groups in total. The number of hydrogen-bond acceptors (Lipinski definition) is 3. The van der Waals surface area contributed by atoms with Gasteiger partial charge < -0.3 is 4.98 Å². The van der Waals surface area contributed by atoms with Crippen molar-refractivity contribution in [3.8, 4) is 0 Å². The van der Waals surface area contributed by atoms with Gasteiger partial charge in [0.1, 0.15) is 5.52 Å². The van der Waals surface area contributed by atoms with Crippen LogP contribution < -0.4 is 11.2 Å². The Morgan fingerprint density at radius 3 is 3.08 bits per heavy atom. The molecule has 0 bridgehead atoms. The van der Waals surface area contributed by atoms with Crippen LogP contribution in [0.2, 0.25) is 0 Å². The Hall–Kier alpha value is -1.85. The summed E-state index contributed by atoms with van der Waals surface area (Å²) in [6.45, 7) is -1.61. The number of aromatic amines is 1. The molecule has 0 saturated heterocycles. The topological polar surface area (TPSA) is 72.7 Å². The molecular weight excluding hydrogens is 172 g/mol. The second-order valence-corrected chi connectivity index (χ2v) is 2.49. The number of aryl methyl sites for hydroxylation is 1. The third kappa shape index (κ3) is 0.851. The lowest BCUT2D eigenvalue weighted by molar-refractivity contribution is 0.709. The van der Waals surface area contributed by atoms with Crippen molar-refractivity contribution in [3.63, 3.8) is 0 Å². The molecule has 68 valence electrons. The Balaban J connectivity index is 3.04. The molecule has 0 radical (unpaired) electrons. The van der Waals surface area contributed by atoms with Crippen LogP contribution in [0.3, 0.4) is 0 Å². The molecule has 0 spiro atoms. The maximum Gasteiger partial charge on any atom is 0.332 e. The summed E-state index contributed by atoms with van der Waals surface area (Å²) in [6.07, 6.45) is 1.21. The second kappa shape index (κ2) is 2.32. The molecule has 0 aliphatic rings. The number of imidazole rings is 1. The van der Waals surface area contributed by atoms with Gasteiger partial charge in [-0.3, -0.25) is 13.9 Å². The van der Waals surface area contributed by atoms with Gasteiger partial charge >= 0.3 is 5.69 Å². The summed E-state index contributed by atoms with van der Waals surface area (Å²) in [5.74, 6) is 0. The zero-order valence-electron chi connectivity index (χ0n) is 9.52. The molecule has 13 heavy (non-hydrogen) atoms. The number of fused-ring (bicyclic) bond motifs is 1. The Kier molecular flexibility index (Phi) is 0.892. The van der Waals surface area contributed by atoms with Gasteiger partial charge in [0.15, 0.2) is 5.65 Å². The first kappa shape index (κ1) is 5.00. The van der Waals surface area contributed by atoms with Crippen LogP contribution in [0.1, 0.15) is 4.11 Å². The van der Waals surface area contributed by atoms with E-state index in [1.165, 1.54) is 6.33 Å². The highest BCUT2D eigenvalue weighted by atomic mass is 16.2. The Morgan fingerprint density at radius 2 is 2.38 bits per heavy atom. The van der Waals surface area contributed by atoms with Gasteiger partial charge in [0.2, 0.25) is 0 Å². The first-order valence-electron chi connectivity index (χ1n) is 5.26. The molecule has 2 aromatic rings. The van der Waals surface area contributed by atoms with E-state index in [-0.39, 0.29) is 11.2 Å². The van der Waals surface area contributed by atoms with E-state index in [9.17, 15) is 9.59 Å². The Bertz CT molecular complexity index is 641. The van der Waals surface area contributed by atoms with E-state index in [2.05, 4.69) is 9.97 Å². The standard InChI is InChI=1S/C7H8N4O2/c1-10-5-4(8-3-9-5)6(12)11(2)7(10)13/h3H,1-2H3,(H,8,9)/i1D2,2D. The smallest absolute Gasteiger partial charge is 0.332 e. The van der Waals surface area contributed by atoms with E-state index in [1.54, 1.807) is 0 Å². The van der Waals surface area contributed by atoms with Gasteiger partial charge in [0, 0.05) is 18.1 Å². The molecule has 0 unspecified atom stereocenters. The van der Waals surface area contributed by atoms with Crippen LogP contribution in [0.5, 0.6) is 0 Å². The van der Waals surface area contributed by atoms with Crippen LogP contribution in [0, 0.1) is 0 Å². The maximum absolute atomic E-state index is 11.7. The molecular formula is C7H8N4O2. The van der Waals surface area contributed by atoms with Crippen molar-refractivity contribution in [2.45, 2.75) is 0 Å². The molecule has 0 aliphatic heterocycles. The van der Waals surface area contributed by atoms with Gasteiger partial charge in [-0.2, -0.15) is 0 Å². The predicted octanol–water partition coefficient (Wildman–Crippen LogP) is -1.04. The zero-order chi connectivity index (χ0) is 11.9. The molecule has 0 amide bonds. The minimum Gasteiger partial charge on any atom is -0.339 e. The van der Waals surface area contributed by atoms with Crippen molar-refractivity contribution in [1.29, 1.82) is 0 Å². The molecule has 2 heterocycles. The van der Waals surface area contributed by atoms with Gasteiger partial charge in [-0.25, -0.2) is 9.78 Å². The minimum absolute atomic E-state index is 0.0244. The summed E-state index contributed by atoms with van der Waals surface area (Å²) in [5, 5.41) is 0. The number of hydrogen-bond donors (Lipinski definition) is 1. The summed E-state index contributed by atoms with van der Waals surface area (Å²) >= 11 is 0. The average Bonchev–Trinajstić information content (AvgIpc) is 2.66. The lowest BCUT2D eigenvalue weighted by Gasteiger charge is -2.00. The fourth-order valence-electron chi connectivity index (χ4n) is 1.07. The maximum atomic E-state index is 11.7. The average molecular weight is 183 g/mol. The van der Waals surface area contributed by atoms with Crippen LogP contribution in [0.25, 0.3) is 11.2 Å². The minimum atomic E-state index is -1.61. The monoisotopic (exact) mass is 183 g/mol. The zero-order valence-corrected chi connectivity index (χ0v) is 6.52. The number of nitrogens with one attached hydrogen (secondary N) is 1. The van der Waals surface area contributed by atoms with E-state index in [1.807, 2.05) is 0 Å². The summed E-state index contributed by atoms with van der Waals surface area (Å²) < 4.78 is 22.9. The van der Waals surface area contributed by atoms with E-state index in [0.29, 0.717) is 4.57 Å². The fourth-order valence-corrected chi connectivity index (χ4v) is 1.07. The molecule has 2 rings (SSSR count). The number of nitrogens with zero attached hydrogens (tertiary/aromatic N) is 3. The molecule has 0 aliphatic carbocycles. The van der Waals surface area contributed by atoms with Crippen molar-refractivity contribution in [2.75, 3.05) is 0 Å². The third-order valence-corrected chi connectivity index (χ3v) is 1.74. The van der Waals surface area contributed by atoms with Crippen molar-refractivity contribution < 1.29 is 4.11 Å². The van der Waals surface area contributed by atoms with Crippen LogP contribution in [-0.2, 0) is 14.0 Å². The lowest BCUT2D eigenvalue weighted by Crippen LogP contribution is -2.36. The molecule has 6 nitrogen and oxygen atoms in total. The van der Waals surface area contributed by atoms with E-state index in [4.69, 9.17) is 4.11 Å². The molecule has 0 atom stereocenters. The largest absolute Gasteiger partial charge is 0.339 e. The predicted molar refractivity (Wildman–Crippen MR) is 46.6 cm³/mol.